The van der Waals surface area contributed by atoms with E-state index in [1.807, 2.05) is 29.6 Å². The molecule has 4 amide bonds. The minimum atomic E-state index is -3.52. The summed E-state index contributed by atoms with van der Waals surface area (Å²) in [7, 11) is -3.52. The number of ether oxygens (including phenoxy) is 2. The number of amides is 4. The van der Waals surface area contributed by atoms with E-state index in [4.69, 9.17) is 21.1 Å². The van der Waals surface area contributed by atoms with E-state index >= 15 is 0 Å². The first-order valence-corrected chi connectivity index (χ1v) is 22.1. The Bertz CT molecular complexity index is 2090. The summed E-state index contributed by atoms with van der Waals surface area (Å²) in [5.74, 6) is -0.353. The van der Waals surface area contributed by atoms with E-state index in [2.05, 4.69) is 27.3 Å². The standard InChI is InChI=1S/C40H49ClN6O9S2/c1-2-58(53,54)45-28-12-15-46(16-13-28)38(50)22-43-33-20-32(41)27(19-35(33)48)5-3-17-55-18-4-14-42-21-26-6-8-29(9-7-26)56-24-36-30-23-47(40(52)31(30)25-57-36)34-10-11-37(49)44-39(34)51/h2,6-9,19-20,25,28,34,42-43,45,48H,1,3-5,10-18,21-24H2,(H,44,49,51). The number of anilines is 1. The van der Waals surface area contributed by atoms with Crippen molar-refractivity contribution in [2.24, 2.45) is 0 Å². The lowest BCUT2D eigenvalue weighted by Gasteiger charge is -2.32. The lowest BCUT2D eigenvalue weighted by atomic mass is 10.0. The van der Waals surface area contributed by atoms with Gasteiger partial charge in [0.1, 0.15) is 24.1 Å². The summed E-state index contributed by atoms with van der Waals surface area (Å²) in [6.45, 7) is 7.38. The summed E-state index contributed by atoms with van der Waals surface area (Å²) >= 11 is 7.97. The molecule has 312 valence electrons. The predicted octanol–water partition coefficient (Wildman–Crippen LogP) is 4.04. The van der Waals surface area contributed by atoms with Gasteiger partial charge in [0.15, 0.2) is 0 Å². The maximum Gasteiger partial charge on any atom is 0.256 e. The minimum Gasteiger partial charge on any atom is -0.506 e. The third-order valence-corrected chi connectivity index (χ3v) is 12.8. The fourth-order valence-corrected chi connectivity index (χ4v) is 9.13. The first-order chi connectivity index (χ1) is 27.9. The molecule has 0 aliphatic carbocycles. The Balaban J connectivity index is 0.814. The first-order valence-electron chi connectivity index (χ1n) is 19.3. The van der Waals surface area contributed by atoms with Gasteiger partial charge >= 0.3 is 0 Å². The molecule has 1 aromatic heterocycles. The van der Waals surface area contributed by atoms with Gasteiger partial charge in [0, 0.05) is 78.1 Å². The number of phenolic OH excluding ortho intramolecular Hbond substituents is 1. The van der Waals surface area contributed by atoms with E-state index in [-0.39, 0.29) is 42.5 Å². The Hall–Kier alpha value is -4.52. The lowest BCUT2D eigenvalue weighted by Crippen LogP contribution is -2.52. The van der Waals surface area contributed by atoms with Crippen LogP contribution in [0.2, 0.25) is 5.02 Å². The fraction of sp³-hybridized carbons (Fsp3) is 0.450. The monoisotopic (exact) mass is 856 g/mol. The number of nitrogens with zero attached hydrogens (tertiary/aromatic N) is 2. The number of thiophene rings is 1. The number of sulfonamides is 1. The van der Waals surface area contributed by atoms with Crippen LogP contribution in [0.25, 0.3) is 0 Å². The maximum absolute atomic E-state index is 13.0. The highest BCUT2D eigenvalue weighted by atomic mass is 35.5. The number of halogens is 1. The number of aryl methyl sites for hydroxylation is 1. The molecule has 3 aromatic rings. The molecule has 6 rings (SSSR count). The highest BCUT2D eigenvalue weighted by molar-refractivity contribution is 7.92. The number of rotatable bonds is 20. The highest BCUT2D eigenvalue weighted by Crippen LogP contribution is 2.35. The molecule has 4 heterocycles. The van der Waals surface area contributed by atoms with Gasteiger partial charge in [0.05, 0.1) is 17.8 Å². The molecule has 58 heavy (non-hydrogen) atoms. The number of hydrogen-bond donors (Lipinski definition) is 5. The number of nitrogens with one attached hydrogen (secondary N) is 4. The molecule has 5 N–H and O–H groups in total. The van der Waals surface area contributed by atoms with Gasteiger partial charge in [-0.3, -0.25) is 24.5 Å². The summed E-state index contributed by atoms with van der Waals surface area (Å²) in [4.78, 5) is 53.7. The van der Waals surface area contributed by atoms with E-state index in [1.54, 1.807) is 21.9 Å². The fourth-order valence-electron chi connectivity index (χ4n) is 7.12. The van der Waals surface area contributed by atoms with Crippen LogP contribution in [0.1, 0.15) is 70.5 Å². The second-order valence-electron chi connectivity index (χ2n) is 14.4. The van der Waals surface area contributed by atoms with Crippen molar-refractivity contribution >= 4 is 62.3 Å². The number of hydrogen-bond acceptors (Lipinski definition) is 12. The molecule has 2 fully saturated rings. The smallest absolute Gasteiger partial charge is 0.256 e. The van der Waals surface area contributed by atoms with Gasteiger partial charge in [-0.05, 0) is 80.5 Å². The average Bonchev–Trinajstić information content (AvgIpc) is 3.76. The normalized spacial score (nSPS) is 17.3. The predicted molar refractivity (Wildman–Crippen MR) is 220 cm³/mol. The van der Waals surface area contributed by atoms with E-state index in [1.165, 1.54) is 11.3 Å². The summed E-state index contributed by atoms with van der Waals surface area (Å²) in [5, 5.41) is 22.5. The Morgan fingerprint density at radius 3 is 2.59 bits per heavy atom. The third kappa shape index (κ3) is 11.4. The van der Waals surface area contributed by atoms with Crippen molar-refractivity contribution in [3.05, 3.63) is 85.9 Å². The van der Waals surface area contributed by atoms with Crippen molar-refractivity contribution in [3.63, 3.8) is 0 Å². The van der Waals surface area contributed by atoms with Crippen molar-refractivity contribution in [1.29, 1.82) is 0 Å². The molecule has 3 aliphatic heterocycles. The van der Waals surface area contributed by atoms with Crippen LogP contribution in [-0.2, 0) is 55.3 Å². The second-order valence-corrected chi connectivity index (χ2v) is 17.5. The van der Waals surface area contributed by atoms with E-state index in [0.29, 0.717) is 93.7 Å². The third-order valence-electron chi connectivity index (χ3n) is 10.4. The van der Waals surface area contributed by atoms with Crippen molar-refractivity contribution in [3.8, 4) is 11.5 Å². The number of fused-ring (bicyclic) bond motifs is 1. The van der Waals surface area contributed by atoms with Crippen LogP contribution in [-0.4, -0.2) is 98.4 Å². The minimum absolute atomic E-state index is 0.000456. The summed E-state index contributed by atoms with van der Waals surface area (Å²) in [6, 6.07) is 10.2. The van der Waals surface area contributed by atoms with Gasteiger partial charge in [-0.15, -0.1) is 11.3 Å². The van der Waals surface area contributed by atoms with Gasteiger partial charge in [-0.2, -0.15) is 0 Å². The van der Waals surface area contributed by atoms with Gasteiger partial charge in [-0.1, -0.05) is 30.3 Å². The van der Waals surface area contributed by atoms with E-state index in [9.17, 15) is 32.7 Å². The average molecular weight is 857 g/mol. The van der Waals surface area contributed by atoms with Crippen LogP contribution in [0, 0.1) is 0 Å². The van der Waals surface area contributed by atoms with Crippen LogP contribution >= 0.6 is 22.9 Å². The summed E-state index contributed by atoms with van der Waals surface area (Å²) in [5.41, 5.74) is 3.74. The number of carbonyl (C=O) groups is 4. The summed E-state index contributed by atoms with van der Waals surface area (Å²) in [6.07, 6.45) is 3.74. The van der Waals surface area contributed by atoms with Crippen molar-refractivity contribution in [1.82, 2.24) is 25.2 Å². The Kier molecular flexibility index (Phi) is 14.8. The molecule has 2 saturated heterocycles. The Morgan fingerprint density at radius 1 is 1.09 bits per heavy atom. The van der Waals surface area contributed by atoms with Gasteiger partial charge in [-0.25, -0.2) is 13.1 Å². The van der Waals surface area contributed by atoms with Gasteiger partial charge < -0.3 is 35.0 Å². The first kappa shape index (κ1) is 43.1. The van der Waals surface area contributed by atoms with Crippen LogP contribution in [0.15, 0.2) is 53.8 Å². The molecule has 0 saturated carbocycles. The number of phenols is 1. The molecule has 0 bridgehead atoms. The molecular formula is C40H49ClN6O9S2. The number of likely N-dealkylation sites (tertiary alicyclic amines) is 1. The molecule has 1 atom stereocenters. The molecule has 2 aromatic carbocycles. The van der Waals surface area contributed by atoms with Gasteiger partial charge in [0.2, 0.25) is 27.7 Å². The largest absolute Gasteiger partial charge is 0.506 e. The van der Waals surface area contributed by atoms with Crippen LogP contribution in [0.3, 0.4) is 0 Å². The quantitative estimate of drug-likeness (QED) is 0.0626. The topological polar surface area (TPSA) is 196 Å². The molecule has 3 aliphatic rings. The maximum atomic E-state index is 13.0. The molecular weight excluding hydrogens is 808 g/mol. The zero-order chi connectivity index (χ0) is 41.2. The molecule has 0 radical (unpaired) electrons. The molecule has 18 heteroatoms. The Morgan fingerprint density at radius 2 is 1.84 bits per heavy atom. The van der Waals surface area contributed by atoms with E-state index < -0.39 is 22.0 Å². The van der Waals surface area contributed by atoms with Crippen molar-refractivity contribution < 1.29 is 42.2 Å². The SMILES string of the molecule is C=CS(=O)(=O)NC1CCN(C(=O)CNc2cc(Cl)c(CCCOCCCNCc3ccc(OCc4scc5c4CN(C4CCC(=O)NC4=O)C5=O)cc3)cc2O)CC1. The zero-order valence-electron chi connectivity index (χ0n) is 32.1. The van der Waals surface area contributed by atoms with Crippen molar-refractivity contribution in [2.75, 3.05) is 44.7 Å². The van der Waals surface area contributed by atoms with Crippen molar-refractivity contribution in [2.45, 2.75) is 76.7 Å². The molecule has 0 spiro atoms. The number of imide groups is 1. The number of piperidine rings is 2. The zero-order valence-corrected chi connectivity index (χ0v) is 34.5. The number of carbonyl (C=O) groups excluding carboxylic acids is 4. The lowest BCUT2D eigenvalue weighted by molar-refractivity contribution is -0.137. The van der Waals surface area contributed by atoms with Gasteiger partial charge in [0.25, 0.3) is 5.91 Å². The van der Waals surface area contributed by atoms with Crippen LogP contribution < -0.4 is 25.4 Å². The van der Waals surface area contributed by atoms with Crippen LogP contribution in [0.5, 0.6) is 11.5 Å². The second kappa shape index (κ2) is 20.0. The Labute approximate surface area is 347 Å². The molecule has 15 nitrogen and oxygen atoms in total. The highest BCUT2D eigenvalue weighted by Gasteiger charge is 2.40. The van der Waals surface area contributed by atoms with E-state index in [0.717, 1.165) is 46.4 Å². The number of benzene rings is 2. The molecule has 1 unspecified atom stereocenters. The van der Waals surface area contributed by atoms with Crippen LogP contribution in [0.4, 0.5) is 5.69 Å². The summed E-state index contributed by atoms with van der Waals surface area (Å²) < 4.78 is 37.8. The number of aromatic hydroxyl groups is 1.